The van der Waals surface area contributed by atoms with Gasteiger partial charge in [0.15, 0.2) is 0 Å². The van der Waals surface area contributed by atoms with Gasteiger partial charge in [-0.05, 0) is 63.5 Å². The molecule has 2 unspecified atom stereocenters. The number of nitrogen functional groups attached to an aromatic ring is 1. The molecule has 2 aromatic rings. The zero-order chi connectivity index (χ0) is 26.1. The second-order valence-corrected chi connectivity index (χ2v) is 10.3. The maximum atomic E-state index is 13.5. The number of rotatable bonds is 5. The fraction of sp³-hybridized carbons (Fsp3) is 0.577. The molecular weight excluding hydrogens is 474 g/mol. The molecule has 3 aliphatic heterocycles. The first kappa shape index (κ1) is 25.3. The van der Waals surface area contributed by atoms with E-state index in [0.29, 0.717) is 43.0 Å². The summed E-state index contributed by atoms with van der Waals surface area (Å²) in [6, 6.07) is 3.78. The van der Waals surface area contributed by atoms with Crippen LogP contribution in [0.1, 0.15) is 54.1 Å². The number of ether oxygens (including phenoxy) is 2. The van der Waals surface area contributed by atoms with Gasteiger partial charge in [-0.2, -0.15) is 5.10 Å². The van der Waals surface area contributed by atoms with Crippen molar-refractivity contribution in [2.24, 2.45) is 0 Å². The maximum absolute atomic E-state index is 13.5. The van der Waals surface area contributed by atoms with E-state index in [4.69, 9.17) is 15.2 Å². The third-order valence-electron chi connectivity index (χ3n) is 7.93. The van der Waals surface area contributed by atoms with Crippen molar-refractivity contribution < 1.29 is 19.1 Å². The molecule has 3 aliphatic rings. The van der Waals surface area contributed by atoms with Gasteiger partial charge in [0.25, 0.3) is 5.91 Å². The van der Waals surface area contributed by atoms with E-state index in [1.165, 1.54) is 0 Å². The molecule has 11 nitrogen and oxygen atoms in total. The Bertz CT molecular complexity index is 1140. The van der Waals surface area contributed by atoms with Crippen LogP contribution in [0.4, 0.5) is 17.2 Å². The molecule has 4 N–H and O–H groups in total. The van der Waals surface area contributed by atoms with E-state index < -0.39 is 0 Å². The van der Waals surface area contributed by atoms with Crippen LogP contribution in [0.3, 0.4) is 0 Å². The fourth-order valence-corrected chi connectivity index (χ4v) is 5.67. The van der Waals surface area contributed by atoms with Gasteiger partial charge < -0.3 is 35.2 Å². The van der Waals surface area contributed by atoms with Crippen LogP contribution in [-0.4, -0.2) is 86.4 Å². The van der Waals surface area contributed by atoms with Gasteiger partial charge in [-0.25, -0.2) is 0 Å². The van der Waals surface area contributed by atoms with Crippen molar-refractivity contribution in [3.8, 4) is 5.75 Å². The van der Waals surface area contributed by atoms with Crippen LogP contribution in [0.25, 0.3) is 0 Å². The van der Waals surface area contributed by atoms with E-state index >= 15 is 0 Å². The lowest BCUT2D eigenvalue weighted by Gasteiger charge is -2.38. The number of methoxy groups -OCH3 is 1. The highest BCUT2D eigenvalue weighted by atomic mass is 16.5. The van der Waals surface area contributed by atoms with Crippen LogP contribution < -0.4 is 25.6 Å². The van der Waals surface area contributed by atoms with Crippen molar-refractivity contribution in [1.29, 1.82) is 0 Å². The first-order valence-electron chi connectivity index (χ1n) is 13.0. The molecule has 2 saturated heterocycles. The summed E-state index contributed by atoms with van der Waals surface area (Å²) in [7, 11) is 5.43. The van der Waals surface area contributed by atoms with Gasteiger partial charge in [0, 0.05) is 44.3 Å². The lowest BCUT2D eigenvalue weighted by atomic mass is 9.91. The molecule has 1 aromatic heterocycles. The Morgan fingerprint density at radius 3 is 2.76 bits per heavy atom. The zero-order valence-corrected chi connectivity index (χ0v) is 21.8. The van der Waals surface area contributed by atoms with Gasteiger partial charge in [0.1, 0.15) is 17.3 Å². The molecular formula is C26H37N7O4. The van der Waals surface area contributed by atoms with Gasteiger partial charge in [-0.3, -0.25) is 14.7 Å². The molecule has 5 rings (SSSR count). The van der Waals surface area contributed by atoms with Crippen LogP contribution in [0, 0.1) is 0 Å². The number of fused-ring (bicyclic) bond motifs is 1. The lowest BCUT2D eigenvalue weighted by Crippen LogP contribution is -2.44. The number of aromatic amines is 1. The lowest BCUT2D eigenvalue weighted by molar-refractivity contribution is -0.118. The highest BCUT2D eigenvalue weighted by Gasteiger charge is 2.35. The number of benzene rings is 1. The average Bonchev–Trinajstić information content (AvgIpc) is 3.35. The number of carbonyl (C=O) groups excluding carboxylic acids is 2. The van der Waals surface area contributed by atoms with Crippen LogP contribution in [-0.2, 0) is 9.53 Å². The van der Waals surface area contributed by atoms with Crippen molar-refractivity contribution in [1.82, 2.24) is 20.4 Å². The van der Waals surface area contributed by atoms with Gasteiger partial charge in [-0.1, -0.05) is 0 Å². The predicted octanol–water partition coefficient (Wildman–Crippen LogP) is 1.92. The summed E-state index contributed by atoms with van der Waals surface area (Å²) in [5, 5.41) is 10.5. The van der Waals surface area contributed by atoms with E-state index in [2.05, 4.69) is 32.4 Å². The van der Waals surface area contributed by atoms with Crippen molar-refractivity contribution in [3.63, 3.8) is 0 Å². The predicted molar refractivity (Wildman–Crippen MR) is 141 cm³/mol. The average molecular weight is 512 g/mol. The molecule has 2 amide bonds. The smallest absolute Gasteiger partial charge is 0.252 e. The third kappa shape index (κ3) is 5.10. The number of nitrogens with two attached hydrogens (primary N) is 1. The van der Waals surface area contributed by atoms with Crippen LogP contribution in [0.15, 0.2) is 18.3 Å². The third-order valence-corrected chi connectivity index (χ3v) is 7.93. The molecule has 0 radical (unpaired) electrons. The molecule has 2 fully saturated rings. The molecule has 2 atom stereocenters. The Labute approximate surface area is 217 Å². The van der Waals surface area contributed by atoms with E-state index in [9.17, 15) is 9.59 Å². The zero-order valence-electron chi connectivity index (χ0n) is 21.8. The number of anilines is 3. The minimum Gasteiger partial charge on any atom is -0.495 e. The quantitative estimate of drug-likeness (QED) is 0.520. The summed E-state index contributed by atoms with van der Waals surface area (Å²) in [4.78, 5) is 32.2. The van der Waals surface area contributed by atoms with Crippen LogP contribution in [0.5, 0.6) is 5.75 Å². The number of nitrogens with one attached hydrogen (secondary N) is 2. The molecule has 0 saturated carbocycles. The summed E-state index contributed by atoms with van der Waals surface area (Å²) in [5.41, 5.74) is 8.84. The normalized spacial score (nSPS) is 23.5. The molecule has 0 aliphatic carbocycles. The Hall–Kier alpha value is -3.31. The van der Waals surface area contributed by atoms with Gasteiger partial charge in [0.05, 0.1) is 25.1 Å². The summed E-state index contributed by atoms with van der Waals surface area (Å²) < 4.78 is 11.7. The number of hydrogen-bond donors (Lipinski definition) is 3. The molecule has 0 spiro atoms. The van der Waals surface area contributed by atoms with Gasteiger partial charge in [0.2, 0.25) is 5.91 Å². The van der Waals surface area contributed by atoms with E-state index in [0.717, 1.165) is 49.4 Å². The number of nitrogens with zero attached hydrogens (tertiary/aromatic N) is 4. The van der Waals surface area contributed by atoms with Crippen molar-refractivity contribution in [2.75, 3.05) is 63.0 Å². The number of aromatic nitrogens is 2. The van der Waals surface area contributed by atoms with Gasteiger partial charge in [-0.15, -0.1) is 0 Å². The minimum absolute atomic E-state index is 0.0598. The first-order valence-corrected chi connectivity index (χ1v) is 13.0. The van der Waals surface area contributed by atoms with Crippen LogP contribution >= 0.6 is 0 Å². The molecule has 11 heteroatoms. The van der Waals surface area contributed by atoms with Crippen LogP contribution in [0.2, 0.25) is 0 Å². The molecule has 0 bridgehead atoms. The highest BCUT2D eigenvalue weighted by Crippen LogP contribution is 2.39. The standard InChI is InChI=1S/C26H37N7O4/c1-31-8-4-16(5-9-31)29-26(35)19-14-23(36-3)20(27)13-18(19)22-12-17(7-11-37-22)33-10-6-24(34)32(2)21-15-28-30-25(21)33/h13-17,22H,4-12,27H2,1-3H3,(H,28,30)(H,29,35). The summed E-state index contributed by atoms with van der Waals surface area (Å²) in [6.45, 7) is 3.03. The Kier molecular flexibility index (Phi) is 7.25. The topological polar surface area (TPSA) is 129 Å². The summed E-state index contributed by atoms with van der Waals surface area (Å²) in [6.07, 6.45) is 5.07. The SMILES string of the molecule is COc1cc(C(=O)NC2CCN(C)CC2)c(C2CC(N3CCC(=O)N(C)c4cn[nH]c43)CCO2)cc1N. The number of likely N-dealkylation sites (tertiary alicyclic amines) is 1. The number of H-pyrrole nitrogens is 1. The monoisotopic (exact) mass is 511 g/mol. The maximum Gasteiger partial charge on any atom is 0.252 e. The molecule has 4 heterocycles. The number of carbonyl (C=O) groups is 2. The largest absolute Gasteiger partial charge is 0.495 e. The fourth-order valence-electron chi connectivity index (χ4n) is 5.67. The molecule has 200 valence electrons. The Morgan fingerprint density at radius 1 is 1.22 bits per heavy atom. The molecule has 1 aromatic carbocycles. The Balaban J connectivity index is 1.41. The molecule has 37 heavy (non-hydrogen) atoms. The van der Waals surface area contributed by atoms with E-state index in [1.54, 1.807) is 31.3 Å². The highest BCUT2D eigenvalue weighted by molar-refractivity contribution is 5.98. The number of piperidine rings is 1. The van der Waals surface area contributed by atoms with Gasteiger partial charge >= 0.3 is 0 Å². The summed E-state index contributed by atoms with van der Waals surface area (Å²) >= 11 is 0. The second kappa shape index (κ2) is 10.6. The first-order chi connectivity index (χ1) is 17.9. The van der Waals surface area contributed by atoms with E-state index in [-0.39, 0.29) is 30.0 Å². The van der Waals surface area contributed by atoms with Crippen molar-refractivity contribution in [2.45, 2.75) is 50.3 Å². The second-order valence-electron chi connectivity index (χ2n) is 10.3. The Morgan fingerprint density at radius 2 is 2.00 bits per heavy atom. The number of hydrogen-bond acceptors (Lipinski definition) is 8. The van der Waals surface area contributed by atoms with E-state index in [1.807, 2.05) is 6.07 Å². The van der Waals surface area contributed by atoms with Crippen molar-refractivity contribution in [3.05, 3.63) is 29.5 Å². The van der Waals surface area contributed by atoms with Crippen molar-refractivity contribution >= 4 is 29.0 Å². The minimum atomic E-state index is -0.326. The summed E-state index contributed by atoms with van der Waals surface area (Å²) in [5.74, 6) is 1.24. The number of amides is 2.